The van der Waals surface area contributed by atoms with Crippen LogP contribution < -0.4 is 29.6 Å². The van der Waals surface area contributed by atoms with Crippen LogP contribution in [0.25, 0.3) is 0 Å². The molecule has 0 aromatic rings. The number of ether oxygens (including phenoxy) is 1. The van der Waals surface area contributed by atoms with E-state index in [2.05, 4.69) is 31.8 Å². The SMILES string of the molecule is CCCCCCCCCOC(=S)S.[H-].[Na+]. The minimum Gasteiger partial charge on any atom is -1.00 e. The topological polar surface area (TPSA) is 9.23 Å². The molecule has 0 N–H and O–H groups in total. The van der Waals surface area contributed by atoms with Crippen LogP contribution in [0.15, 0.2) is 0 Å². The smallest absolute Gasteiger partial charge is 1.00 e. The van der Waals surface area contributed by atoms with Crippen molar-refractivity contribution in [3.05, 3.63) is 0 Å². The number of unbranched alkanes of at least 4 members (excludes halogenated alkanes) is 6. The fraction of sp³-hybridized carbons (Fsp3) is 0.900. The van der Waals surface area contributed by atoms with E-state index in [1.165, 1.54) is 38.5 Å². The standard InChI is InChI=1S/C10H20OS2.Na.H/c1-2-3-4-5-6-7-8-9-11-10(12)13;;/h2-9H2,1H3,(H,12,13);;/q;+1;-1. The average Bonchev–Trinajstić information content (AvgIpc) is 2.09. The van der Waals surface area contributed by atoms with Crippen molar-refractivity contribution in [3.8, 4) is 0 Å². The van der Waals surface area contributed by atoms with Crippen LogP contribution in [-0.4, -0.2) is 11.0 Å². The number of thiocarbonyl (C=S) groups is 1. The van der Waals surface area contributed by atoms with Crippen molar-refractivity contribution in [1.82, 2.24) is 0 Å². The molecule has 0 heterocycles. The summed E-state index contributed by atoms with van der Waals surface area (Å²) in [6, 6.07) is 0. The maximum absolute atomic E-state index is 5.07. The summed E-state index contributed by atoms with van der Waals surface area (Å²) in [4.78, 5) is 0. The molecule has 0 saturated carbocycles. The Morgan fingerprint density at radius 3 is 2.14 bits per heavy atom. The van der Waals surface area contributed by atoms with Gasteiger partial charge in [-0.3, -0.25) is 0 Å². The number of rotatable bonds is 8. The van der Waals surface area contributed by atoms with Gasteiger partial charge in [0.25, 0.3) is 0 Å². The van der Waals surface area contributed by atoms with Crippen LogP contribution in [0.2, 0.25) is 0 Å². The van der Waals surface area contributed by atoms with E-state index in [0.717, 1.165) is 13.0 Å². The summed E-state index contributed by atoms with van der Waals surface area (Å²) in [6.45, 7) is 2.97. The Hall–Kier alpha value is 1.24. The number of thiol groups is 1. The minimum atomic E-state index is 0. The van der Waals surface area contributed by atoms with Gasteiger partial charge < -0.3 is 6.16 Å². The zero-order valence-corrected chi connectivity index (χ0v) is 13.1. The van der Waals surface area contributed by atoms with E-state index in [1.54, 1.807) is 0 Å². The molecule has 0 amide bonds. The molecule has 0 fully saturated rings. The zero-order valence-electron chi connectivity index (χ0n) is 10.4. The molecule has 0 spiro atoms. The van der Waals surface area contributed by atoms with Gasteiger partial charge in [0.1, 0.15) is 0 Å². The van der Waals surface area contributed by atoms with Gasteiger partial charge in [-0.05, 0) is 18.6 Å². The van der Waals surface area contributed by atoms with Gasteiger partial charge >= 0.3 is 29.6 Å². The van der Waals surface area contributed by atoms with E-state index in [1.807, 2.05) is 0 Å². The number of hydrogen-bond acceptors (Lipinski definition) is 2. The van der Waals surface area contributed by atoms with Crippen molar-refractivity contribution >= 4 is 29.2 Å². The fourth-order valence-corrected chi connectivity index (χ4v) is 1.39. The average molecular weight is 244 g/mol. The van der Waals surface area contributed by atoms with E-state index in [9.17, 15) is 0 Å². The Balaban J connectivity index is -0.000000720. The third kappa shape index (κ3) is 15.7. The van der Waals surface area contributed by atoms with Gasteiger partial charge in [0, 0.05) is 0 Å². The van der Waals surface area contributed by atoms with Gasteiger partial charge in [-0.25, -0.2) is 0 Å². The van der Waals surface area contributed by atoms with Gasteiger partial charge in [-0.1, -0.05) is 58.1 Å². The van der Waals surface area contributed by atoms with Gasteiger partial charge in [-0.2, -0.15) is 0 Å². The predicted molar refractivity (Wildman–Crippen MR) is 66.6 cm³/mol. The minimum absolute atomic E-state index is 0. The first kappa shape index (κ1) is 17.6. The monoisotopic (exact) mass is 244 g/mol. The molecule has 1 nitrogen and oxygen atoms in total. The van der Waals surface area contributed by atoms with Crippen molar-refractivity contribution in [2.24, 2.45) is 0 Å². The Morgan fingerprint density at radius 1 is 1.14 bits per heavy atom. The molecule has 0 atom stereocenters. The molecule has 0 radical (unpaired) electrons. The maximum atomic E-state index is 5.07. The Bertz CT molecular complexity index is 137. The molecule has 0 aliphatic carbocycles. The van der Waals surface area contributed by atoms with Crippen molar-refractivity contribution in [2.45, 2.75) is 51.9 Å². The largest absolute Gasteiger partial charge is 1.00 e. The van der Waals surface area contributed by atoms with Crippen molar-refractivity contribution in [2.75, 3.05) is 6.61 Å². The van der Waals surface area contributed by atoms with E-state index in [4.69, 9.17) is 4.74 Å². The second-order valence-electron chi connectivity index (χ2n) is 3.24. The molecular formula is C10H21NaOS2. The third-order valence-electron chi connectivity index (χ3n) is 1.97. The molecule has 80 valence electrons. The molecule has 14 heavy (non-hydrogen) atoms. The second-order valence-corrected chi connectivity index (χ2v) is 4.32. The predicted octanol–water partition coefficient (Wildman–Crippen LogP) is 1.08. The van der Waals surface area contributed by atoms with Crippen LogP contribution in [0.4, 0.5) is 0 Å². The molecule has 0 aromatic heterocycles. The summed E-state index contributed by atoms with van der Waals surface area (Å²) in [5.41, 5.74) is 0. The first-order chi connectivity index (χ1) is 6.27. The van der Waals surface area contributed by atoms with Crippen LogP contribution in [0.1, 0.15) is 53.3 Å². The summed E-state index contributed by atoms with van der Waals surface area (Å²) in [6.07, 6.45) is 9.10. The third-order valence-corrected chi connectivity index (χ3v) is 2.22. The zero-order chi connectivity index (χ0) is 9.94. The van der Waals surface area contributed by atoms with Crippen LogP contribution in [0.3, 0.4) is 0 Å². The molecule has 0 bridgehead atoms. The quantitative estimate of drug-likeness (QED) is 0.296. The van der Waals surface area contributed by atoms with Gasteiger partial charge in [0.15, 0.2) is 0 Å². The fourth-order valence-electron chi connectivity index (χ4n) is 1.22. The molecule has 0 unspecified atom stereocenters. The van der Waals surface area contributed by atoms with Crippen LogP contribution in [-0.2, 0) is 4.74 Å². The van der Waals surface area contributed by atoms with Crippen LogP contribution in [0.5, 0.6) is 0 Å². The van der Waals surface area contributed by atoms with E-state index < -0.39 is 0 Å². The first-order valence-electron chi connectivity index (χ1n) is 5.13. The van der Waals surface area contributed by atoms with Crippen LogP contribution >= 0.6 is 24.8 Å². The normalized spacial score (nSPS) is 9.29. The summed E-state index contributed by atoms with van der Waals surface area (Å²) < 4.78 is 5.43. The summed E-state index contributed by atoms with van der Waals surface area (Å²) in [7, 11) is 0. The van der Waals surface area contributed by atoms with Crippen molar-refractivity contribution in [3.63, 3.8) is 0 Å². The molecule has 0 rings (SSSR count). The maximum Gasteiger partial charge on any atom is 1.00 e. The molecule has 4 heteroatoms. The van der Waals surface area contributed by atoms with Gasteiger partial charge in [-0.15, -0.1) is 0 Å². The Morgan fingerprint density at radius 2 is 1.64 bits per heavy atom. The molecule has 0 aliphatic rings. The molecule has 0 saturated heterocycles. The van der Waals surface area contributed by atoms with E-state index >= 15 is 0 Å². The summed E-state index contributed by atoms with van der Waals surface area (Å²) >= 11 is 8.55. The summed E-state index contributed by atoms with van der Waals surface area (Å²) in [5, 5.41) is 0. The Labute approximate surface area is 123 Å². The van der Waals surface area contributed by atoms with Crippen molar-refractivity contribution < 1.29 is 35.7 Å². The van der Waals surface area contributed by atoms with E-state index in [0.29, 0.717) is 4.38 Å². The molecular weight excluding hydrogens is 223 g/mol. The molecule has 0 aliphatic heterocycles. The van der Waals surface area contributed by atoms with Crippen LogP contribution in [0, 0.1) is 0 Å². The number of hydrogen-bond donors (Lipinski definition) is 1. The summed E-state index contributed by atoms with van der Waals surface area (Å²) in [5.74, 6) is 0. The Kier molecular flexibility index (Phi) is 17.9. The van der Waals surface area contributed by atoms with Gasteiger partial charge in [0.05, 0.1) is 6.61 Å². The van der Waals surface area contributed by atoms with E-state index in [-0.39, 0.29) is 31.0 Å². The second kappa shape index (κ2) is 14.2. The first-order valence-corrected chi connectivity index (χ1v) is 5.98. The molecule has 0 aromatic carbocycles. The van der Waals surface area contributed by atoms with Gasteiger partial charge in [0.2, 0.25) is 4.38 Å². The van der Waals surface area contributed by atoms with Crippen molar-refractivity contribution in [1.29, 1.82) is 0 Å².